The van der Waals surface area contributed by atoms with Crippen LogP contribution < -0.4 is 0 Å². The van der Waals surface area contributed by atoms with Crippen molar-refractivity contribution in [1.29, 1.82) is 0 Å². The SMILES string of the molecule is Cc1cc(C(=O)C(C)Cl)c(C)n1CCC1CC1. The predicted octanol–water partition coefficient (Wildman–Crippen LogP) is 3.72. The molecule has 1 saturated carbocycles. The van der Waals surface area contributed by atoms with Gasteiger partial charge in [-0.3, -0.25) is 4.79 Å². The lowest BCUT2D eigenvalue weighted by atomic mass is 10.1. The molecule has 0 aliphatic heterocycles. The summed E-state index contributed by atoms with van der Waals surface area (Å²) in [5, 5.41) is -0.438. The molecule has 94 valence electrons. The number of rotatable bonds is 5. The number of carbonyl (C=O) groups excluding carboxylic acids is 1. The van der Waals surface area contributed by atoms with Crippen LogP contribution in [0.15, 0.2) is 6.07 Å². The maximum atomic E-state index is 11.9. The molecule has 1 unspecified atom stereocenters. The van der Waals surface area contributed by atoms with Gasteiger partial charge in [-0.1, -0.05) is 12.8 Å². The lowest BCUT2D eigenvalue weighted by Crippen LogP contribution is -2.12. The molecule has 0 N–H and O–H groups in total. The number of hydrogen-bond donors (Lipinski definition) is 0. The van der Waals surface area contributed by atoms with Crippen molar-refractivity contribution in [3.05, 3.63) is 23.0 Å². The van der Waals surface area contributed by atoms with E-state index in [4.69, 9.17) is 11.6 Å². The van der Waals surface area contributed by atoms with Crippen molar-refractivity contribution in [3.8, 4) is 0 Å². The van der Waals surface area contributed by atoms with Gasteiger partial charge in [0, 0.05) is 23.5 Å². The highest BCUT2D eigenvalue weighted by molar-refractivity contribution is 6.33. The van der Waals surface area contributed by atoms with Gasteiger partial charge in [0.25, 0.3) is 0 Å². The Bertz CT molecular complexity index is 430. The Morgan fingerprint density at radius 1 is 1.53 bits per heavy atom. The fourth-order valence-corrected chi connectivity index (χ4v) is 2.44. The quantitative estimate of drug-likeness (QED) is 0.579. The third-order valence-electron chi connectivity index (χ3n) is 3.66. The maximum Gasteiger partial charge on any atom is 0.182 e. The van der Waals surface area contributed by atoms with Crippen LogP contribution in [0.4, 0.5) is 0 Å². The van der Waals surface area contributed by atoms with Crippen molar-refractivity contribution in [1.82, 2.24) is 4.57 Å². The number of carbonyl (C=O) groups is 1. The number of Topliss-reactive ketones (excluding diaryl/α,β-unsaturated/α-hetero) is 1. The molecule has 0 amide bonds. The van der Waals surface area contributed by atoms with Crippen molar-refractivity contribution >= 4 is 17.4 Å². The Balaban J connectivity index is 2.18. The molecule has 0 spiro atoms. The van der Waals surface area contributed by atoms with E-state index in [9.17, 15) is 4.79 Å². The number of hydrogen-bond acceptors (Lipinski definition) is 1. The van der Waals surface area contributed by atoms with Crippen molar-refractivity contribution in [2.75, 3.05) is 0 Å². The third-order valence-corrected chi connectivity index (χ3v) is 3.86. The zero-order valence-corrected chi connectivity index (χ0v) is 11.5. The summed E-state index contributed by atoms with van der Waals surface area (Å²) >= 11 is 5.88. The number of ketones is 1. The van der Waals surface area contributed by atoms with E-state index in [-0.39, 0.29) is 5.78 Å². The van der Waals surface area contributed by atoms with Crippen molar-refractivity contribution in [2.24, 2.45) is 5.92 Å². The Labute approximate surface area is 108 Å². The first kappa shape index (κ1) is 12.7. The van der Waals surface area contributed by atoms with Crippen LogP contribution in [-0.2, 0) is 6.54 Å². The average Bonchev–Trinajstić information content (AvgIpc) is 3.04. The Hall–Kier alpha value is -0.760. The topological polar surface area (TPSA) is 22.0 Å². The van der Waals surface area contributed by atoms with Gasteiger partial charge < -0.3 is 4.57 Å². The first-order valence-corrected chi connectivity index (χ1v) is 6.79. The van der Waals surface area contributed by atoms with Gasteiger partial charge in [0.2, 0.25) is 0 Å². The summed E-state index contributed by atoms with van der Waals surface area (Å²) in [4.78, 5) is 11.9. The Morgan fingerprint density at radius 2 is 2.18 bits per heavy atom. The van der Waals surface area contributed by atoms with Gasteiger partial charge in [-0.25, -0.2) is 0 Å². The van der Waals surface area contributed by atoms with E-state index < -0.39 is 5.38 Å². The molecular weight excluding hydrogens is 234 g/mol. The first-order chi connectivity index (χ1) is 8.00. The second kappa shape index (κ2) is 4.85. The van der Waals surface area contributed by atoms with Crippen molar-refractivity contribution in [3.63, 3.8) is 0 Å². The van der Waals surface area contributed by atoms with E-state index in [0.29, 0.717) is 0 Å². The predicted molar refractivity (Wildman–Crippen MR) is 70.9 cm³/mol. The molecule has 1 fully saturated rings. The highest BCUT2D eigenvalue weighted by Gasteiger charge is 2.23. The summed E-state index contributed by atoms with van der Waals surface area (Å²) in [7, 11) is 0. The highest BCUT2D eigenvalue weighted by atomic mass is 35.5. The van der Waals surface area contributed by atoms with Crippen molar-refractivity contribution < 1.29 is 4.79 Å². The van der Waals surface area contributed by atoms with Crippen LogP contribution in [-0.4, -0.2) is 15.7 Å². The van der Waals surface area contributed by atoms with Crippen LogP contribution in [0.25, 0.3) is 0 Å². The highest BCUT2D eigenvalue weighted by Crippen LogP contribution is 2.33. The minimum atomic E-state index is -0.438. The van der Waals surface area contributed by atoms with Gasteiger partial charge in [0.1, 0.15) is 0 Å². The lowest BCUT2D eigenvalue weighted by Gasteiger charge is -2.09. The summed E-state index contributed by atoms with van der Waals surface area (Å²) < 4.78 is 2.25. The third kappa shape index (κ3) is 2.74. The minimum absolute atomic E-state index is 0.0393. The van der Waals surface area contributed by atoms with E-state index >= 15 is 0 Å². The fraction of sp³-hybridized carbons (Fsp3) is 0.643. The number of halogens is 1. The van der Waals surface area contributed by atoms with Crippen molar-refractivity contribution in [2.45, 2.75) is 52.0 Å². The molecule has 2 rings (SSSR count). The summed E-state index contributed by atoms with van der Waals surface area (Å²) in [5.41, 5.74) is 3.03. The van der Waals surface area contributed by atoms with Gasteiger partial charge in [0.05, 0.1) is 5.38 Å². The van der Waals surface area contributed by atoms with E-state index in [1.165, 1.54) is 25.0 Å². The largest absolute Gasteiger partial charge is 0.348 e. The summed E-state index contributed by atoms with van der Waals surface area (Å²) in [6.07, 6.45) is 3.99. The van der Waals surface area contributed by atoms with E-state index in [0.717, 1.165) is 23.7 Å². The zero-order valence-electron chi connectivity index (χ0n) is 10.8. The van der Waals surface area contributed by atoms with Crippen LogP contribution in [0.2, 0.25) is 0 Å². The first-order valence-electron chi connectivity index (χ1n) is 6.35. The Kier molecular flexibility index (Phi) is 3.62. The van der Waals surface area contributed by atoms with Crippen LogP contribution in [0.1, 0.15) is 47.9 Å². The smallest absolute Gasteiger partial charge is 0.182 e. The molecule has 0 saturated heterocycles. The number of nitrogens with zero attached hydrogens (tertiary/aromatic N) is 1. The van der Waals surface area contributed by atoms with Gasteiger partial charge in [0.15, 0.2) is 5.78 Å². The molecule has 0 bridgehead atoms. The molecule has 2 nitrogen and oxygen atoms in total. The Morgan fingerprint density at radius 3 is 2.71 bits per heavy atom. The normalized spacial score (nSPS) is 17.2. The standard InChI is InChI=1S/C14H20ClNO/c1-9-8-13(14(17)10(2)15)11(3)16(9)7-6-12-4-5-12/h8,10,12H,4-7H2,1-3H3. The van der Waals surface area contributed by atoms with Crippen LogP contribution in [0.3, 0.4) is 0 Å². The maximum absolute atomic E-state index is 11.9. The molecule has 1 aromatic heterocycles. The molecule has 17 heavy (non-hydrogen) atoms. The lowest BCUT2D eigenvalue weighted by molar-refractivity contribution is 0.0991. The van der Waals surface area contributed by atoms with Crippen LogP contribution >= 0.6 is 11.6 Å². The summed E-state index contributed by atoms with van der Waals surface area (Å²) in [6.45, 7) is 6.86. The van der Waals surface area contributed by atoms with Gasteiger partial charge in [-0.2, -0.15) is 0 Å². The molecule has 1 aliphatic carbocycles. The second-order valence-electron chi connectivity index (χ2n) is 5.15. The molecule has 1 heterocycles. The second-order valence-corrected chi connectivity index (χ2v) is 5.80. The molecule has 1 aromatic rings. The number of alkyl halides is 1. The van der Waals surface area contributed by atoms with Gasteiger partial charge in [-0.05, 0) is 39.2 Å². The minimum Gasteiger partial charge on any atom is -0.348 e. The van der Waals surface area contributed by atoms with Gasteiger partial charge >= 0.3 is 0 Å². The summed E-state index contributed by atoms with van der Waals surface area (Å²) in [6, 6.07) is 1.98. The molecule has 0 aromatic carbocycles. The van der Waals surface area contributed by atoms with E-state index in [2.05, 4.69) is 11.5 Å². The molecular formula is C14H20ClNO. The molecule has 1 aliphatic rings. The van der Waals surface area contributed by atoms with E-state index in [1.54, 1.807) is 6.92 Å². The molecule has 3 heteroatoms. The fourth-order valence-electron chi connectivity index (χ4n) is 2.33. The van der Waals surface area contributed by atoms with Crippen LogP contribution in [0.5, 0.6) is 0 Å². The van der Waals surface area contributed by atoms with Gasteiger partial charge in [-0.15, -0.1) is 11.6 Å². The summed E-state index contributed by atoms with van der Waals surface area (Å²) in [5.74, 6) is 0.958. The molecule has 0 radical (unpaired) electrons. The van der Waals surface area contributed by atoms with Crippen LogP contribution in [0, 0.1) is 19.8 Å². The zero-order chi connectivity index (χ0) is 12.6. The number of aryl methyl sites for hydroxylation is 1. The molecule has 1 atom stereocenters. The van der Waals surface area contributed by atoms with E-state index in [1.807, 2.05) is 13.0 Å². The average molecular weight is 254 g/mol. The number of aromatic nitrogens is 1. The monoisotopic (exact) mass is 253 g/mol.